The Balaban J connectivity index is 1.23. The molecule has 3 aliphatic carbocycles. The summed E-state index contributed by atoms with van der Waals surface area (Å²) in [6, 6.07) is 4.35. The summed E-state index contributed by atoms with van der Waals surface area (Å²) in [6.07, 6.45) is 7.88. The second-order valence-corrected chi connectivity index (χ2v) is 10.0. The van der Waals surface area contributed by atoms with E-state index in [1.54, 1.807) is 6.20 Å². The number of rotatable bonds is 7. The minimum absolute atomic E-state index is 0.0425. The van der Waals surface area contributed by atoms with Gasteiger partial charge in [0.05, 0.1) is 18.9 Å². The van der Waals surface area contributed by atoms with E-state index in [1.165, 1.54) is 43.9 Å². The smallest absolute Gasteiger partial charge is 0.387 e. The Morgan fingerprint density at radius 3 is 2.58 bits per heavy atom. The molecule has 4 fully saturated rings. The Morgan fingerprint density at radius 1 is 1.15 bits per heavy atom. The van der Waals surface area contributed by atoms with Crippen LogP contribution in [0.4, 0.5) is 14.6 Å². The lowest BCUT2D eigenvalue weighted by atomic mass is 9.85. The summed E-state index contributed by atoms with van der Waals surface area (Å²) in [4.78, 5) is 6.68. The third-order valence-electron chi connectivity index (χ3n) is 8.18. The number of alkyl halides is 2. The summed E-state index contributed by atoms with van der Waals surface area (Å²) < 4.78 is 37.8. The summed E-state index contributed by atoms with van der Waals surface area (Å²) in [6.45, 7) is 1.78. The normalized spacial score (nSPS) is 29.8. The molecular weight excluding hydrogens is 428 g/mol. The first-order valence-electron chi connectivity index (χ1n) is 12.2. The van der Waals surface area contributed by atoms with E-state index in [-0.39, 0.29) is 11.6 Å². The lowest BCUT2D eigenvalue weighted by Crippen LogP contribution is -2.43. The maximum atomic E-state index is 12.8. The molecule has 0 amide bonds. The molecule has 178 valence electrons. The third kappa shape index (κ3) is 4.10. The maximum Gasteiger partial charge on any atom is 0.387 e. The first kappa shape index (κ1) is 21.3. The molecule has 4 atom stereocenters. The van der Waals surface area contributed by atoms with Gasteiger partial charge in [-0.15, -0.1) is 0 Å². The van der Waals surface area contributed by atoms with Gasteiger partial charge in [-0.3, -0.25) is 9.58 Å². The molecule has 2 aromatic heterocycles. The summed E-state index contributed by atoms with van der Waals surface area (Å²) in [5, 5.41) is 4.92. The number of aromatic nitrogens is 3. The highest BCUT2D eigenvalue weighted by Gasteiger charge is 2.58. The van der Waals surface area contributed by atoms with Crippen molar-refractivity contribution in [2.75, 3.05) is 32.0 Å². The molecule has 2 N–H and O–H groups in total. The van der Waals surface area contributed by atoms with Crippen LogP contribution >= 0.6 is 0 Å². The fourth-order valence-electron chi connectivity index (χ4n) is 6.18. The van der Waals surface area contributed by atoms with Crippen molar-refractivity contribution < 1.29 is 18.3 Å². The third-order valence-corrected chi connectivity index (χ3v) is 8.18. The molecule has 7 nitrogen and oxygen atoms in total. The lowest BCUT2D eigenvalue weighted by Gasteiger charge is -2.33. The van der Waals surface area contributed by atoms with E-state index in [9.17, 15) is 8.78 Å². The van der Waals surface area contributed by atoms with Crippen molar-refractivity contribution >= 4 is 5.82 Å². The number of anilines is 1. The van der Waals surface area contributed by atoms with Gasteiger partial charge in [0.25, 0.3) is 0 Å². The Kier molecular flexibility index (Phi) is 5.49. The summed E-state index contributed by atoms with van der Waals surface area (Å²) in [5.41, 5.74) is 8.44. The van der Waals surface area contributed by atoms with Gasteiger partial charge in [-0.1, -0.05) is 6.42 Å². The van der Waals surface area contributed by atoms with Crippen LogP contribution in [-0.2, 0) is 11.3 Å². The van der Waals surface area contributed by atoms with E-state index in [4.69, 9.17) is 15.6 Å². The number of hydrogen-bond donors (Lipinski definition) is 1. The van der Waals surface area contributed by atoms with Crippen LogP contribution in [0.2, 0.25) is 0 Å². The minimum Gasteiger partial charge on any atom is -0.431 e. The Bertz CT molecular complexity index is 993. The number of halogens is 2. The van der Waals surface area contributed by atoms with Gasteiger partial charge in [0.2, 0.25) is 0 Å². The van der Waals surface area contributed by atoms with Gasteiger partial charge in [-0.2, -0.15) is 13.9 Å². The van der Waals surface area contributed by atoms with Crippen LogP contribution in [0.1, 0.15) is 43.7 Å². The van der Waals surface area contributed by atoms with Crippen molar-refractivity contribution in [3.05, 3.63) is 24.0 Å². The van der Waals surface area contributed by atoms with Crippen LogP contribution in [0.5, 0.6) is 5.75 Å². The van der Waals surface area contributed by atoms with Crippen LogP contribution in [0, 0.1) is 17.8 Å². The van der Waals surface area contributed by atoms with Gasteiger partial charge in [0, 0.05) is 49.0 Å². The molecule has 9 heteroatoms. The predicted octanol–water partition coefficient (Wildman–Crippen LogP) is 3.75. The highest BCUT2D eigenvalue weighted by molar-refractivity contribution is 5.64. The molecule has 33 heavy (non-hydrogen) atoms. The Labute approximate surface area is 192 Å². The standard InChI is InChI=1S/C24H31F2N5O2/c25-24(26)33-21-8-15(12-28-23(21)27)19-11-20(31(29-19)13-14-2-1-3-14)22-17-9-16(10-18(17)22)30-4-6-32-7-5-30/h8,11-12,14,16-18,22,24H,1-7,9-10,13H2,(H2,27,28)/t16?,17-,18+,22?. The van der Waals surface area contributed by atoms with Gasteiger partial charge in [0.1, 0.15) is 0 Å². The molecule has 0 bridgehead atoms. The zero-order valence-electron chi connectivity index (χ0n) is 18.7. The van der Waals surface area contributed by atoms with Crippen molar-refractivity contribution in [3.63, 3.8) is 0 Å². The van der Waals surface area contributed by atoms with E-state index >= 15 is 0 Å². The highest BCUT2D eigenvalue weighted by Crippen LogP contribution is 2.64. The topological polar surface area (TPSA) is 78.4 Å². The first-order chi connectivity index (χ1) is 16.1. The number of nitrogens with two attached hydrogens (primary N) is 1. The average Bonchev–Trinajstić information content (AvgIpc) is 3.12. The fourth-order valence-corrected chi connectivity index (χ4v) is 6.18. The zero-order chi connectivity index (χ0) is 22.5. The fraction of sp³-hybridized carbons (Fsp3) is 0.667. The number of fused-ring (bicyclic) bond motifs is 1. The summed E-state index contributed by atoms with van der Waals surface area (Å²) >= 11 is 0. The number of nitrogen functional groups attached to an aromatic ring is 1. The van der Waals surface area contributed by atoms with Crippen molar-refractivity contribution in [2.45, 2.75) is 57.2 Å². The molecular formula is C24H31F2N5O2. The Morgan fingerprint density at radius 2 is 1.91 bits per heavy atom. The van der Waals surface area contributed by atoms with E-state index in [0.717, 1.165) is 38.5 Å². The minimum atomic E-state index is -2.94. The van der Waals surface area contributed by atoms with E-state index in [1.807, 2.05) is 0 Å². The number of ether oxygens (including phenoxy) is 2. The second-order valence-electron chi connectivity index (χ2n) is 10.0. The summed E-state index contributed by atoms with van der Waals surface area (Å²) in [5.74, 6) is 2.50. The summed E-state index contributed by atoms with van der Waals surface area (Å²) in [7, 11) is 0. The van der Waals surface area contributed by atoms with Crippen molar-refractivity contribution in [1.29, 1.82) is 0 Å². The number of morpholine rings is 1. The van der Waals surface area contributed by atoms with E-state index < -0.39 is 6.61 Å². The van der Waals surface area contributed by atoms with Crippen molar-refractivity contribution in [2.24, 2.45) is 17.8 Å². The zero-order valence-corrected chi connectivity index (χ0v) is 18.7. The maximum absolute atomic E-state index is 12.8. The van der Waals surface area contributed by atoms with Crippen LogP contribution in [0.3, 0.4) is 0 Å². The number of nitrogens with zero attached hydrogens (tertiary/aromatic N) is 4. The van der Waals surface area contributed by atoms with Crippen LogP contribution in [0.15, 0.2) is 18.3 Å². The predicted molar refractivity (Wildman–Crippen MR) is 119 cm³/mol. The van der Waals surface area contributed by atoms with Gasteiger partial charge in [-0.25, -0.2) is 4.98 Å². The molecule has 1 saturated heterocycles. The van der Waals surface area contributed by atoms with Gasteiger partial charge in [-0.05, 0) is 55.6 Å². The molecule has 3 heterocycles. The molecule has 1 aliphatic heterocycles. The highest BCUT2D eigenvalue weighted by atomic mass is 19.3. The van der Waals surface area contributed by atoms with E-state index in [2.05, 4.69) is 25.4 Å². The average molecular weight is 460 g/mol. The molecule has 3 saturated carbocycles. The SMILES string of the molecule is Nc1ncc(-c2cc(C3[C@H]4CC(N5CCOCC5)C[C@@H]34)n(CC3CCC3)n2)cc1OC(F)F. The van der Waals surface area contributed by atoms with Crippen LogP contribution < -0.4 is 10.5 Å². The monoisotopic (exact) mass is 459 g/mol. The Hall–Kier alpha value is -2.26. The van der Waals surface area contributed by atoms with Gasteiger partial charge >= 0.3 is 6.61 Å². The first-order valence-corrected chi connectivity index (χ1v) is 12.2. The van der Waals surface area contributed by atoms with E-state index in [0.29, 0.717) is 35.3 Å². The van der Waals surface area contributed by atoms with Crippen LogP contribution in [-0.4, -0.2) is 58.6 Å². The largest absolute Gasteiger partial charge is 0.431 e. The molecule has 4 aliphatic rings. The molecule has 0 aromatic carbocycles. The molecule has 2 unspecified atom stereocenters. The van der Waals surface area contributed by atoms with Crippen molar-refractivity contribution in [3.8, 4) is 17.0 Å². The molecule has 2 aromatic rings. The van der Waals surface area contributed by atoms with Crippen molar-refractivity contribution in [1.82, 2.24) is 19.7 Å². The lowest BCUT2D eigenvalue weighted by molar-refractivity contribution is -0.0494. The molecule has 6 rings (SSSR count). The second kappa shape index (κ2) is 8.51. The quantitative estimate of drug-likeness (QED) is 0.680. The number of pyridine rings is 1. The molecule has 0 spiro atoms. The van der Waals surface area contributed by atoms with Gasteiger partial charge in [0.15, 0.2) is 11.6 Å². The number of hydrogen-bond acceptors (Lipinski definition) is 6. The van der Waals surface area contributed by atoms with Gasteiger partial charge < -0.3 is 15.2 Å². The molecule has 0 radical (unpaired) electrons. The van der Waals surface area contributed by atoms with Crippen LogP contribution in [0.25, 0.3) is 11.3 Å².